The van der Waals surface area contributed by atoms with Crippen molar-refractivity contribution >= 4 is 21.7 Å². The van der Waals surface area contributed by atoms with Crippen LogP contribution in [0.1, 0.15) is 20.3 Å². The second-order valence-corrected chi connectivity index (χ2v) is 4.91. The molecule has 0 saturated carbocycles. The Balaban J connectivity index is 2.23. The molecule has 0 unspecified atom stereocenters. The van der Waals surface area contributed by atoms with Gasteiger partial charge in [0.1, 0.15) is 10.3 Å². The molecule has 0 aliphatic heterocycles. The predicted octanol–water partition coefficient (Wildman–Crippen LogP) is 2.01. The Morgan fingerprint density at radius 2 is 2.29 bits per heavy atom. The zero-order chi connectivity index (χ0) is 12.7. The maximum absolute atomic E-state index is 11.2. The Labute approximate surface area is 109 Å². The van der Waals surface area contributed by atoms with Gasteiger partial charge in [0.05, 0.1) is 12.9 Å². The minimum Gasteiger partial charge on any atom is -0.380 e. The second kappa shape index (κ2) is 7.45. The van der Waals surface area contributed by atoms with Crippen LogP contribution in [-0.2, 0) is 4.74 Å². The van der Waals surface area contributed by atoms with Crippen molar-refractivity contribution in [2.75, 3.05) is 25.1 Å². The number of nitrogens with one attached hydrogen (secondary N) is 2. The van der Waals surface area contributed by atoms with Gasteiger partial charge in [-0.3, -0.25) is 4.79 Å². The number of nitrogens with zero attached hydrogens (tertiary/aromatic N) is 1. The molecule has 6 heteroatoms. The number of aromatic nitrogens is 2. The molecule has 0 spiro atoms. The van der Waals surface area contributed by atoms with Gasteiger partial charge in [0.15, 0.2) is 0 Å². The quantitative estimate of drug-likeness (QED) is 0.756. The van der Waals surface area contributed by atoms with Gasteiger partial charge < -0.3 is 15.0 Å². The van der Waals surface area contributed by atoms with E-state index in [1.807, 2.05) is 0 Å². The van der Waals surface area contributed by atoms with E-state index in [2.05, 4.69) is 45.1 Å². The van der Waals surface area contributed by atoms with Crippen molar-refractivity contribution in [1.82, 2.24) is 9.97 Å². The highest BCUT2D eigenvalue weighted by molar-refractivity contribution is 9.10. The van der Waals surface area contributed by atoms with Gasteiger partial charge in [-0.15, -0.1) is 0 Å². The van der Waals surface area contributed by atoms with Gasteiger partial charge in [0.25, 0.3) is 5.56 Å². The van der Waals surface area contributed by atoms with Gasteiger partial charge in [-0.1, -0.05) is 13.8 Å². The van der Waals surface area contributed by atoms with Crippen LogP contribution in [0, 0.1) is 5.92 Å². The summed E-state index contributed by atoms with van der Waals surface area (Å²) >= 11 is 3.17. The SMILES string of the molecule is CC(C)CCOCCNc1nc[nH]c(=O)c1Br. The standard InChI is InChI=1S/C11H18BrN3O2/c1-8(2)3-5-17-6-4-13-10-9(12)11(16)15-7-14-10/h7-8H,3-6H2,1-2H3,(H2,13,14,15,16). The monoisotopic (exact) mass is 303 g/mol. The van der Waals surface area contributed by atoms with E-state index in [-0.39, 0.29) is 5.56 Å². The molecule has 0 aliphatic carbocycles. The molecule has 0 amide bonds. The van der Waals surface area contributed by atoms with E-state index in [4.69, 9.17) is 4.74 Å². The molecule has 0 saturated heterocycles. The van der Waals surface area contributed by atoms with Gasteiger partial charge in [-0.05, 0) is 28.3 Å². The summed E-state index contributed by atoms with van der Waals surface area (Å²) in [5, 5.41) is 3.04. The molecule has 0 aliphatic rings. The molecule has 1 rings (SSSR count). The fraction of sp³-hybridized carbons (Fsp3) is 0.636. The summed E-state index contributed by atoms with van der Waals surface area (Å²) in [6, 6.07) is 0. The molecule has 1 heterocycles. The molecular weight excluding hydrogens is 286 g/mol. The van der Waals surface area contributed by atoms with E-state index in [0.29, 0.717) is 29.4 Å². The van der Waals surface area contributed by atoms with Gasteiger partial charge in [0.2, 0.25) is 0 Å². The third-order valence-corrected chi connectivity index (χ3v) is 2.91. The number of H-pyrrole nitrogens is 1. The first-order valence-electron chi connectivity index (χ1n) is 5.66. The van der Waals surface area contributed by atoms with Crippen LogP contribution in [0.4, 0.5) is 5.82 Å². The Bertz CT molecular complexity index is 393. The highest BCUT2D eigenvalue weighted by Crippen LogP contribution is 2.12. The van der Waals surface area contributed by atoms with Crippen LogP contribution in [0.25, 0.3) is 0 Å². The van der Waals surface area contributed by atoms with E-state index in [1.165, 1.54) is 6.33 Å². The average molecular weight is 304 g/mol. The lowest BCUT2D eigenvalue weighted by molar-refractivity contribution is 0.132. The fourth-order valence-electron chi connectivity index (χ4n) is 1.17. The van der Waals surface area contributed by atoms with Gasteiger partial charge in [0, 0.05) is 13.2 Å². The first-order valence-corrected chi connectivity index (χ1v) is 6.45. The highest BCUT2D eigenvalue weighted by Gasteiger charge is 2.03. The summed E-state index contributed by atoms with van der Waals surface area (Å²) in [4.78, 5) is 17.7. The molecule has 1 aromatic rings. The van der Waals surface area contributed by atoms with Crippen molar-refractivity contribution in [1.29, 1.82) is 0 Å². The Hall–Kier alpha value is -0.880. The van der Waals surface area contributed by atoms with Crippen LogP contribution < -0.4 is 10.9 Å². The molecule has 0 atom stereocenters. The number of hydrogen-bond acceptors (Lipinski definition) is 4. The molecule has 5 nitrogen and oxygen atoms in total. The summed E-state index contributed by atoms with van der Waals surface area (Å²) in [6.45, 7) is 6.34. The number of halogens is 1. The molecule has 0 radical (unpaired) electrons. The minimum absolute atomic E-state index is 0.191. The molecule has 1 aromatic heterocycles. The molecule has 0 bridgehead atoms. The summed E-state index contributed by atoms with van der Waals surface area (Å²) in [5.74, 6) is 1.20. The van der Waals surface area contributed by atoms with E-state index < -0.39 is 0 Å². The summed E-state index contributed by atoms with van der Waals surface area (Å²) in [5.41, 5.74) is -0.191. The lowest BCUT2D eigenvalue weighted by atomic mass is 10.1. The van der Waals surface area contributed by atoms with E-state index in [0.717, 1.165) is 13.0 Å². The lowest BCUT2D eigenvalue weighted by Crippen LogP contribution is -2.16. The van der Waals surface area contributed by atoms with Crippen LogP contribution in [0.15, 0.2) is 15.6 Å². The lowest BCUT2D eigenvalue weighted by Gasteiger charge is -2.08. The number of aromatic amines is 1. The molecular formula is C11H18BrN3O2. The smallest absolute Gasteiger partial charge is 0.267 e. The van der Waals surface area contributed by atoms with E-state index >= 15 is 0 Å². The Morgan fingerprint density at radius 1 is 1.53 bits per heavy atom. The van der Waals surface area contributed by atoms with E-state index in [9.17, 15) is 4.79 Å². The number of hydrogen-bond donors (Lipinski definition) is 2. The maximum atomic E-state index is 11.2. The van der Waals surface area contributed by atoms with Crippen LogP contribution >= 0.6 is 15.9 Å². The normalized spacial score (nSPS) is 10.8. The van der Waals surface area contributed by atoms with Gasteiger partial charge >= 0.3 is 0 Å². The first kappa shape index (κ1) is 14.2. The molecule has 2 N–H and O–H groups in total. The van der Waals surface area contributed by atoms with Crippen LogP contribution in [0.3, 0.4) is 0 Å². The van der Waals surface area contributed by atoms with Crippen molar-refractivity contribution in [3.8, 4) is 0 Å². The Morgan fingerprint density at radius 3 is 3.00 bits per heavy atom. The third kappa shape index (κ3) is 5.32. The number of ether oxygens (including phenoxy) is 1. The van der Waals surface area contributed by atoms with Crippen molar-refractivity contribution in [3.63, 3.8) is 0 Å². The maximum Gasteiger partial charge on any atom is 0.267 e. The van der Waals surface area contributed by atoms with E-state index in [1.54, 1.807) is 0 Å². The molecule has 96 valence electrons. The van der Waals surface area contributed by atoms with Crippen molar-refractivity contribution in [3.05, 3.63) is 21.2 Å². The van der Waals surface area contributed by atoms with Crippen molar-refractivity contribution in [2.24, 2.45) is 5.92 Å². The summed E-state index contributed by atoms with van der Waals surface area (Å²) < 4.78 is 5.86. The van der Waals surface area contributed by atoms with Gasteiger partial charge in [-0.25, -0.2) is 4.98 Å². The van der Waals surface area contributed by atoms with Gasteiger partial charge in [-0.2, -0.15) is 0 Å². The fourth-order valence-corrected chi connectivity index (χ4v) is 1.53. The Kier molecular flexibility index (Phi) is 6.21. The summed E-state index contributed by atoms with van der Waals surface area (Å²) in [6.07, 6.45) is 2.43. The molecule has 0 fully saturated rings. The zero-order valence-electron chi connectivity index (χ0n) is 10.1. The average Bonchev–Trinajstić information content (AvgIpc) is 2.28. The largest absolute Gasteiger partial charge is 0.380 e. The van der Waals surface area contributed by atoms with Crippen molar-refractivity contribution < 1.29 is 4.74 Å². The van der Waals surface area contributed by atoms with Crippen LogP contribution in [0.5, 0.6) is 0 Å². The second-order valence-electron chi connectivity index (χ2n) is 4.12. The topological polar surface area (TPSA) is 67.0 Å². The predicted molar refractivity (Wildman–Crippen MR) is 71.3 cm³/mol. The zero-order valence-corrected chi connectivity index (χ0v) is 11.7. The van der Waals surface area contributed by atoms with Crippen LogP contribution in [-0.4, -0.2) is 29.7 Å². The highest BCUT2D eigenvalue weighted by atomic mass is 79.9. The first-order chi connectivity index (χ1) is 8.11. The molecule has 17 heavy (non-hydrogen) atoms. The number of anilines is 1. The summed E-state index contributed by atoms with van der Waals surface area (Å²) in [7, 11) is 0. The third-order valence-electron chi connectivity index (χ3n) is 2.17. The number of rotatable bonds is 7. The minimum atomic E-state index is -0.191. The van der Waals surface area contributed by atoms with Crippen molar-refractivity contribution in [2.45, 2.75) is 20.3 Å². The molecule has 0 aromatic carbocycles. The van der Waals surface area contributed by atoms with Crippen LogP contribution in [0.2, 0.25) is 0 Å².